The second-order valence-corrected chi connectivity index (χ2v) is 1.96. The predicted octanol–water partition coefficient (Wildman–Crippen LogP) is 1.44. The molecule has 10 heavy (non-hydrogen) atoms. The number of benzene rings is 1. The summed E-state index contributed by atoms with van der Waals surface area (Å²) >= 11 is 5.36. The normalized spacial score (nSPS) is 9.30. The van der Waals surface area contributed by atoms with Crippen molar-refractivity contribution >= 4 is 28.6 Å². The molecule has 1 rings (SSSR count). The molecule has 0 unspecified atom stereocenters. The Labute approximate surface area is 70.5 Å². The zero-order chi connectivity index (χ0) is 6.53. The molecule has 1 aromatic rings. The van der Waals surface area contributed by atoms with Crippen molar-refractivity contribution in [3.63, 3.8) is 0 Å². The van der Waals surface area contributed by atoms with Gasteiger partial charge in [-0.2, -0.15) is 0 Å². The largest absolute Gasteiger partial charge is 0.0929 e. The van der Waals surface area contributed by atoms with Crippen molar-refractivity contribution in [1.29, 1.82) is 0 Å². The van der Waals surface area contributed by atoms with Gasteiger partial charge in [0.15, 0.2) is 0 Å². The first-order chi connectivity index (χ1) is 4.43. The summed E-state index contributed by atoms with van der Waals surface area (Å²) in [6.45, 7) is 0. The maximum absolute atomic E-state index is 5.36. The van der Waals surface area contributed by atoms with Crippen LogP contribution in [-0.2, 0) is 0 Å². The van der Waals surface area contributed by atoms with Crippen molar-refractivity contribution in [2.75, 3.05) is 0 Å². The zero-order valence-electron chi connectivity index (χ0n) is 4.92. The molecule has 1 aromatic carbocycles. The van der Waals surface area contributed by atoms with Gasteiger partial charge in [-0.3, -0.25) is 0 Å². The first kappa shape index (κ1) is 9.47. The fourth-order valence-corrected chi connectivity index (χ4v) is 0.782. The first-order valence-corrected chi connectivity index (χ1v) is 3.19. The molecular weight excluding hydrogens is 160 g/mol. The minimum atomic E-state index is 0. The summed E-state index contributed by atoms with van der Waals surface area (Å²) in [5.74, 6) is 0. The van der Waals surface area contributed by atoms with E-state index >= 15 is 0 Å². The van der Waals surface area contributed by atoms with Gasteiger partial charge in [-0.25, -0.2) is 0 Å². The maximum Gasteiger partial charge on any atom is 0.00484 e. The Balaban J connectivity index is 0.000000810. The Morgan fingerprint density at radius 1 is 1.10 bits per heavy atom. The molecule has 0 fully saturated rings. The molecule has 0 nitrogen and oxygen atoms in total. The average Bonchev–Trinajstić information content (AvgIpc) is 1.91. The third kappa shape index (κ3) is 2.85. The highest BCUT2D eigenvalue weighted by molar-refractivity contribution is 6.27. The Kier molecular flexibility index (Phi) is 4.99. The van der Waals surface area contributed by atoms with Gasteiger partial charge in [-0.15, -0.1) is 0 Å². The van der Waals surface area contributed by atoms with Crippen molar-refractivity contribution in [2.24, 2.45) is 0 Å². The fourth-order valence-electron chi connectivity index (χ4n) is 0.637. The molecule has 0 aliphatic rings. The lowest BCUT2D eigenvalue weighted by Crippen LogP contribution is -1.64. The van der Waals surface area contributed by atoms with E-state index in [-0.39, 0.29) is 11.0 Å². The number of rotatable bonds is 1. The molecule has 0 N–H and O–H groups in total. The van der Waals surface area contributed by atoms with E-state index in [4.69, 9.17) is 11.6 Å². The number of halogens is 1. The van der Waals surface area contributed by atoms with Gasteiger partial charge in [-0.05, 0) is 22.6 Å². The molecule has 0 amide bonds. The number of hydrogen-bond acceptors (Lipinski definition) is 0. The molecule has 0 radical (unpaired) electrons. The molecule has 54 valence electrons. The van der Waals surface area contributed by atoms with Crippen molar-refractivity contribution in [3.8, 4) is 0 Å². The Morgan fingerprint density at radius 3 is 2.20 bits per heavy atom. The van der Waals surface area contributed by atoms with Crippen LogP contribution in [0, 0.1) is 0 Å². The van der Waals surface area contributed by atoms with Crippen LogP contribution in [0.1, 0.15) is 5.56 Å². The van der Waals surface area contributed by atoms with Crippen LogP contribution in [0.3, 0.4) is 0 Å². The Bertz CT molecular complexity index is 194. The molecule has 0 aliphatic carbocycles. The highest BCUT2D eigenvalue weighted by atomic mass is 35.5. The SMILES string of the molecule is ClC=Cc1ccccc1.[SiH4]. The van der Waals surface area contributed by atoms with Gasteiger partial charge < -0.3 is 0 Å². The minimum Gasteiger partial charge on any atom is -0.0929 e. The summed E-state index contributed by atoms with van der Waals surface area (Å²) in [6.07, 6.45) is 1.85. The van der Waals surface area contributed by atoms with Gasteiger partial charge in [0.2, 0.25) is 0 Å². The van der Waals surface area contributed by atoms with Crippen LogP contribution in [0.5, 0.6) is 0 Å². The van der Waals surface area contributed by atoms with Gasteiger partial charge >= 0.3 is 0 Å². The minimum absolute atomic E-state index is 0. The van der Waals surface area contributed by atoms with Gasteiger partial charge in [0.1, 0.15) is 0 Å². The molecule has 0 spiro atoms. The lowest BCUT2D eigenvalue weighted by molar-refractivity contribution is 1.66. The van der Waals surface area contributed by atoms with Crippen LogP contribution in [0.15, 0.2) is 35.9 Å². The van der Waals surface area contributed by atoms with Gasteiger partial charge in [-0.1, -0.05) is 41.9 Å². The van der Waals surface area contributed by atoms with Crippen molar-refractivity contribution in [2.45, 2.75) is 0 Å². The van der Waals surface area contributed by atoms with E-state index < -0.39 is 0 Å². The molecule has 0 atom stereocenters. The average molecular weight is 171 g/mol. The van der Waals surface area contributed by atoms with E-state index in [0.29, 0.717) is 0 Å². The van der Waals surface area contributed by atoms with Gasteiger partial charge in [0, 0.05) is 5.54 Å². The molecule has 0 aromatic heterocycles. The monoisotopic (exact) mass is 170 g/mol. The van der Waals surface area contributed by atoms with E-state index in [0.717, 1.165) is 5.56 Å². The summed E-state index contributed by atoms with van der Waals surface area (Å²) in [4.78, 5) is 0. The fraction of sp³-hybridized carbons (Fsp3) is 0. The summed E-state index contributed by atoms with van der Waals surface area (Å²) in [5, 5.41) is 0. The standard InChI is InChI=1S/C8H7Cl.H4Si/c9-7-6-8-4-2-1-3-5-8;/h1-7H;1H4. The van der Waals surface area contributed by atoms with Crippen LogP contribution >= 0.6 is 11.6 Å². The second kappa shape index (κ2) is 5.27. The summed E-state index contributed by atoms with van der Waals surface area (Å²) in [5.41, 5.74) is 2.64. The van der Waals surface area contributed by atoms with E-state index in [9.17, 15) is 0 Å². The third-order valence-corrected chi connectivity index (χ3v) is 1.18. The van der Waals surface area contributed by atoms with Crippen LogP contribution < -0.4 is 0 Å². The van der Waals surface area contributed by atoms with Crippen molar-refractivity contribution < 1.29 is 0 Å². The predicted molar refractivity (Wildman–Crippen MR) is 52.7 cm³/mol. The van der Waals surface area contributed by atoms with Gasteiger partial charge in [0.05, 0.1) is 0 Å². The summed E-state index contributed by atoms with van der Waals surface area (Å²) in [6, 6.07) is 9.93. The third-order valence-electron chi connectivity index (χ3n) is 1.06. The molecule has 2 heteroatoms. The molecule has 0 heterocycles. The smallest absolute Gasteiger partial charge is 0.00484 e. The lowest BCUT2D eigenvalue weighted by atomic mass is 10.2. The second-order valence-electron chi connectivity index (χ2n) is 1.70. The topological polar surface area (TPSA) is 0 Å². The molecule has 0 saturated heterocycles. The van der Waals surface area contributed by atoms with Crippen LogP contribution in [0.4, 0.5) is 0 Å². The lowest BCUT2D eigenvalue weighted by Gasteiger charge is -1.86. The van der Waals surface area contributed by atoms with Crippen LogP contribution in [-0.4, -0.2) is 11.0 Å². The van der Waals surface area contributed by atoms with E-state index in [2.05, 4.69) is 0 Å². The highest BCUT2D eigenvalue weighted by Crippen LogP contribution is 2.00. The molecule has 0 aliphatic heterocycles. The summed E-state index contributed by atoms with van der Waals surface area (Å²) < 4.78 is 0. The van der Waals surface area contributed by atoms with E-state index in [1.165, 1.54) is 5.54 Å². The Morgan fingerprint density at radius 2 is 1.70 bits per heavy atom. The summed E-state index contributed by atoms with van der Waals surface area (Å²) in [7, 11) is 0. The molecular formula is C8H11ClSi. The Hall–Kier alpha value is -0.533. The van der Waals surface area contributed by atoms with E-state index in [1.807, 2.05) is 36.4 Å². The number of hydrogen-bond donors (Lipinski definition) is 0. The van der Waals surface area contributed by atoms with E-state index in [1.54, 1.807) is 0 Å². The molecule has 0 bridgehead atoms. The van der Waals surface area contributed by atoms with Gasteiger partial charge in [0.25, 0.3) is 0 Å². The maximum atomic E-state index is 5.36. The molecule has 0 saturated carbocycles. The van der Waals surface area contributed by atoms with Crippen molar-refractivity contribution in [1.82, 2.24) is 0 Å². The first-order valence-electron chi connectivity index (χ1n) is 2.75. The highest BCUT2D eigenvalue weighted by Gasteiger charge is 1.78. The van der Waals surface area contributed by atoms with Crippen molar-refractivity contribution in [3.05, 3.63) is 41.4 Å². The zero-order valence-corrected chi connectivity index (χ0v) is 5.68. The quantitative estimate of drug-likeness (QED) is 0.560. The van der Waals surface area contributed by atoms with Crippen LogP contribution in [0.2, 0.25) is 0 Å². The van der Waals surface area contributed by atoms with Crippen LogP contribution in [0.25, 0.3) is 6.08 Å².